The average Bonchev–Trinajstić information content (AvgIpc) is 3.43. The van der Waals surface area contributed by atoms with Gasteiger partial charge in [-0.05, 0) is 30.2 Å². The third-order valence-electron chi connectivity index (χ3n) is 4.54. The molecule has 1 atom stereocenters. The number of hydrogen-bond acceptors (Lipinski definition) is 6. The summed E-state index contributed by atoms with van der Waals surface area (Å²) in [6.45, 7) is 3.93. The van der Waals surface area contributed by atoms with Crippen molar-refractivity contribution in [3.8, 4) is 17.1 Å². The summed E-state index contributed by atoms with van der Waals surface area (Å²) in [6.07, 6.45) is 6.43. The van der Waals surface area contributed by atoms with Gasteiger partial charge in [0.15, 0.2) is 0 Å². The Morgan fingerprint density at radius 2 is 1.93 bits per heavy atom. The molecule has 0 saturated heterocycles. The molecule has 30 heavy (non-hydrogen) atoms. The van der Waals surface area contributed by atoms with Crippen molar-refractivity contribution in [2.75, 3.05) is 0 Å². The largest absolute Gasteiger partial charge is 0.340 e. The van der Waals surface area contributed by atoms with Gasteiger partial charge in [-0.2, -0.15) is 10.1 Å². The molecule has 0 radical (unpaired) electrons. The summed E-state index contributed by atoms with van der Waals surface area (Å²) in [4.78, 5) is 21.3. The van der Waals surface area contributed by atoms with E-state index in [-0.39, 0.29) is 11.8 Å². The van der Waals surface area contributed by atoms with Crippen molar-refractivity contribution in [2.45, 2.75) is 19.9 Å². The van der Waals surface area contributed by atoms with E-state index >= 15 is 0 Å². The van der Waals surface area contributed by atoms with Crippen LogP contribution in [0.2, 0.25) is 5.02 Å². The van der Waals surface area contributed by atoms with Crippen LogP contribution in [-0.4, -0.2) is 30.8 Å². The van der Waals surface area contributed by atoms with Crippen LogP contribution in [0.4, 0.5) is 0 Å². The number of nitrogens with one attached hydrogen (secondary N) is 1. The number of rotatable bonds is 6. The average molecular weight is 423 g/mol. The molecule has 8 nitrogen and oxygen atoms in total. The Morgan fingerprint density at radius 1 is 1.17 bits per heavy atom. The minimum absolute atomic E-state index is 0.0262. The molecule has 0 aliphatic rings. The number of para-hydroxylation sites is 1. The lowest BCUT2D eigenvalue weighted by molar-refractivity contribution is 0.0914. The molecule has 1 aromatic carbocycles. The molecule has 1 amide bonds. The van der Waals surface area contributed by atoms with Crippen molar-refractivity contribution in [3.05, 3.63) is 77.7 Å². The van der Waals surface area contributed by atoms with Gasteiger partial charge in [0.2, 0.25) is 11.7 Å². The second kappa shape index (κ2) is 8.46. The zero-order valence-electron chi connectivity index (χ0n) is 16.4. The molecule has 3 heterocycles. The van der Waals surface area contributed by atoms with Gasteiger partial charge in [-0.3, -0.25) is 9.78 Å². The van der Waals surface area contributed by atoms with Gasteiger partial charge < -0.3 is 9.84 Å². The molecule has 0 spiro atoms. The highest BCUT2D eigenvalue weighted by atomic mass is 35.5. The van der Waals surface area contributed by atoms with E-state index in [9.17, 15) is 4.79 Å². The van der Waals surface area contributed by atoms with Crippen LogP contribution >= 0.6 is 11.6 Å². The Labute approximate surface area is 177 Å². The van der Waals surface area contributed by atoms with Crippen LogP contribution in [-0.2, 0) is 0 Å². The molecule has 9 heteroatoms. The van der Waals surface area contributed by atoms with Crippen molar-refractivity contribution < 1.29 is 9.32 Å². The van der Waals surface area contributed by atoms with Crippen LogP contribution in [0.5, 0.6) is 0 Å². The van der Waals surface area contributed by atoms with Crippen molar-refractivity contribution in [1.82, 2.24) is 30.2 Å². The molecule has 0 bridgehead atoms. The van der Waals surface area contributed by atoms with E-state index in [0.717, 1.165) is 5.56 Å². The van der Waals surface area contributed by atoms with E-state index in [4.69, 9.17) is 16.1 Å². The smallest absolute Gasteiger partial charge is 0.255 e. The van der Waals surface area contributed by atoms with Gasteiger partial charge in [-0.25, -0.2) is 4.68 Å². The van der Waals surface area contributed by atoms with Crippen LogP contribution in [0.25, 0.3) is 17.1 Å². The molecule has 0 saturated carbocycles. The summed E-state index contributed by atoms with van der Waals surface area (Å²) < 4.78 is 7.00. The van der Waals surface area contributed by atoms with Gasteiger partial charge in [0.25, 0.3) is 5.91 Å². The SMILES string of the molecule is CC(C)C(NC(=O)c1cnn(-c2ccccc2Cl)c1)c1nc(-c2ccncc2)no1. The fourth-order valence-electron chi connectivity index (χ4n) is 2.93. The van der Waals surface area contributed by atoms with E-state index in [1.807, 2.05) is 32.0 Å². The first kappa shape index (κ1) is 19.8. The Morgan fingerprint density at radius 3 is 2.67 bits per heavy atom. The van der Waals surface area contributed by atoms with Crippen molar-refractivity contribution in [3.63, 3.8) is 0 Å². The molecule has 0 fully saturated rings. The summed E-state index contributed by atoms with van der Waals surface area (Å²) in [5.74, 6) is 0.511. The van der Waals surface area contributed by atoms with E-state index in [0.29, 0.717) is 28.0 Å². The summed E-state index contributed by atoms with van der Waals surface area (Å²) in [7, 11) is 0. The molecular weight excluding hydrogens is 404 g/mol. The zero-order valence-corrected chi connectivity index (χ0v) is 17.1. The molecule has 0 aliphatic heterocycles. The molecule has 4 aromatic rings. The predicted molar refractivity (Wildman–Crippen MR) is 111 cm³/mol. The number of benzene rings is 1. The van der Waals surface area contributed by atoms with Crippen LogP contribution in [0.3, 0.4) is 0 Å². The van der Waals surface area contributed by atoms with Gasteiger partial charge in [0.05, 0.1) is 22.5 Å². The number of hydrogen-bond donors (Lipinski definition) is 1. The first-order valence-corrected chi connectivity index (χ1v) is 9.75. The summed E-state index contributed by atoms with van der Waals surface area (Å²) in [5, 5.41) is 11.8. The zero-order chi connectivity index (χ0) is 21.1. The number of pyridine rings is 1. The number of nitrogens with zero attached hydrogens (tertiary/aromatic N) is 5. The summed E-state index contributed by atoms with van der Waals surface area (Å²) in [6, 6.07) is 10.4. The van der Waals surface area contributed by atoms with E-state index in [1.54, 1.807) is 41.5 Å². The lowest BCUT2D eigenvalue weighted by Crippen LogP contribution is -2.31. The predicted octanol–water partition coefficient (Wildman–Crippen LogP) is 4.10. The highest BCUT2D eigenvalue weighted by molar-refractivity contribution is 6.32. The van der Waals surface area contributed by atoms with Gasteiger partial charge in [-0.15, -0.1) is 0 Å². The van der Waals surface area contributed by atoms with Gasteiger partial charge in [0.1, 0.15) is 6.04 Å². The topological polar surface area (TPSA) is 98.7 Å². The van der Waals surface area contributed by atoms with Crippen molar-refractivity contribution in [1.29, 1.82) is 0 Å². The fourth-order valence-corrected chi connectivity index (χ4v) is 3.15. The van der Waals surface area contributed by atoms with Crippen LogP contribution < -0.4 is 5.32 Å². The van der Waals surface area contributed by atoms with E-state index in [1.165, 1.54) is 6.20 Å². The molecular formula is C21H19ClN6O2. The Balaban J connectivity index is 1.54. The second-order valence-electron chi connectivity index (χ2n) is 7.01. The summed E-state index contributed by atoms with van der Waals surface area (Å²) in [5.41, 5.74) is 1.88. The minimum atomic E-state index is -0.454. The number of amides is 1. The normalized spacial score (nSPS) is 12.1. The molecule has 3 aromatic heterocycles. The maximum Gasteiger partial charge on any atom is 0.255 e. The minimum Gasteiger partial charge on any atom is -0.340 e. The highest BCUT2D eigenvalue weighted by Crippen LogP contribution is 2.24. The molecule has 1 N–H and O–H groups in total. The molecule has 1 unspecified atom stereocenters. The van der Waals surface area contributed by atoms with Crippen molar-refractivity contribution >= 4 is 17.5 Å². The highest BCUT2D eigenvalue weighted by Gasteiger charge is 2.26. The van der Waals surface area contributed by atoms with Gasteiger partial charge in [-0.1, -0.05) is 42.7 Å². The second-order valence-corrected chi connectivity index (χ2v) is 7.42. The van der Waals surface area contributed by atoms with Crippen LogP contribution in [0.15, 0.2) is 65.7 Å². The Kier molecular flexibility index (Phi) is 5.58. The Hall–Kier alpha value is -3.52. The van der Waals surface area contributed by atoms with Gasteiger partial charge in [0, 0.05) is 24.2 Å². The lowest BCUT2D eigenvalue weighted by atomic mass is 10.0. The number of halogens is 1. The number of carbonyl (C=O) groups is 1. The first-order valence-electron chi connectivity index (χ1n) is 9.37. The van der Waals surface area contributed by atoms with Crippen LogP contribution in [0.1, 0.15) is 36.1 Å². The van der Waals surface area contributed by atoms with Crippen LogP contribution in [0, 0.1) is 5.92 Å². The number of aromatic nitrogens is 5. The van der Waals surface area contributed by atoms with Gasteiger partial charge >= 0.3 is 0 Å². The molecule has 152 valence electrons. The van der Waals surface area contributed by atoms with E-state index < -0.39 is 6.04 Å². The monoisotopic (exact) mass is 422 g/mol. The molecule has 0 aliphatic carbocycles. The third kappa shape index (κ3) is 4.08. The maximum atomic E-state index is 12.8. The van der Waals surface area contributed by atoms with Crippen molar-refractivity contribution in [2.24, 2.45) is 5.92 Å². The first-order chi connectivity index (χ1) is 14.5. The fraction of sp³-hybridized carbons (Fsp3) is 0.190. The van der Waals surface area contributed by atoms with E-state index in [2.05, 4.69) is 25.5 Å². The Bertz CT molecular complexity index is 1160. The third-order valence-corrected chi connectivity index (χ3v) is 4.86. The maximum absolute atomic E-state index is 12.8. The lowest BCUT2D eigenvalue weighted by Gasteiger charge is -2.17. The standard InChI is InChI=1S/C21H19ClN6O2/c1-13(2)18(21-26-19(27-30-21)14-7-9-23-10-8-14)25-20(29)15-11-24-28(12-15)17-6-4-3-5-16(17)22/h3-13,18H,1-2H3,(H,25,29). The number of carbonyl (C=O) groups excluding carboxylic acids is 1. The molecule has 4 rings (SSSR count). The quantitative estimate of drug-likeness (QED) is 0.502. The summed E-state index contributed by atoms with van der Waals surface area (Å²) >= 11 is 6.21.